The summed E-state index contributed by atoms with van der Waals surface area (Å²) in [6, 6.07) is 0. The normalized spacial score (nSPS) is 29.4. The van der Waals surface area contributed by atoms with Gasteiger partial charge in [-0.2, -0.15) is 0 Å². The van der Waals surface area contributed by atoms with E-state index in [0.29, 0.717) is 5.92 Å². The zero-order chi connectivity index (χ0) is 7.72. The molecule has 58 valence electrons. The van der Waals surface area contributed by atoms with Crippen molar-refractivity contribution in [3.05, 3.63) is 11.1 Å². The third-order valence-electron chi connectivity index (χ3n) is 2.43. The Balaban J connectivity index is 2.78. The van der Waals surface area contributed by atoms with Gasteiger partial charge in [-0.15, -0.1) is 0 Å². The first kappa shape index (κ1) is 7.80. The molecular weight excluding hydrogens is 124 g/mol. The molecule has 2 atom stereocenters. The Hall–Kier alpha value is -0.300. The molecule has 1 aliphatic rings. The van der Waals surface area contributed by atoms with Gasteiger partial charge in [-0.05, 0) is 38.2 Å². The molecule has 1 nitrogen and oxygen atoms in total. The van der Waals surface area contributed by atoms with Crippen LogP contribution in [0.2, 0.25) is 0 Å². The Bertz CT molecular complexity index is 156. The average molecular weight is 140 g/mol. The second-order valence-electron chi connectivity index (χ2n) is 3.35. The highest BCUT2D eigenvalue weighted by atomic mass is 16.3. The molecule has 0 fully saturated rings. The Kier molecular flexibility index (Phi) is 2.14. The van der Waals surface area contributed by atoms with E-state index in [0.717, 1.165) is 0 Å². The fraction of sp³-hybridized carbons (Fsp3) is 0.778. The third-order valence-corrected chi connectivity index (χ3v) is 2.43. The second kappa shape index (κ2) is 2.75. The van der Waals surface area contributed by atoms with E-state index >= 15 is 0 Å². The minimum Gasteiger partial charge on any atom is -0.389 e. The van der Waals surface area contributed by atoms with Crippen LogP contribution in [0.5, 0.6) is 0 Å². The van der Waals surface area contributed by atoms with E-state index in [1.54, 1.807) is 0 Å². The summed E-state index contributed by atoms with van der Waals surface area (Å²) >= 11 is 0. The van der Waals surface area contributed by atoms with Gasteiger partial charge in [0.1, 0.15) is 0 Å². The molecule has 0 radical (unpaired) electrons. The molecule has 0 saturated carbocycles. The Morgan fingerprint density at radius 2 is 2.20 bits per heavy atom. The summed E-state index contributed by atoms with van der Waals surface area (Å²) < 4.78 is 0. The summed E-state index contributed by atoms with van der Waals surface area (Å²) in [5.41, 5.74) is 2.68. The molecule has 0 spiro atoms. The highest BCUT2D eigenvalue weighted by Crippen LogP contribution is 2.33. The van der Waals surface area contributed by atoms with E-state index < -0.39 is 0 Å². The van der Waals surface area contributed by atoms with Gasteiger partial charge in [0.15, 0.2) is 0 Å². The molecule has 2 unspecified atom stereocenters. The van der Waals surface area contributed by atoms with Crippen LogP contribution in [-0.4, -0.2) is 11.2 Å². The molecule has 1 aliphatic carbocycles. The number of rotatable bonds is 1. The largest absolute Gasteiger partial charge is 0.389 e. The lowest BCUT2D eigenvalue weighted by Crippen LogP contribution is -2.09. The van der Waals surface area contributed by atoms with Gasteiger partial charge in [-0.25, -0.2) is 0 Å². The minimum atomic E-state index is -0.225. The van der Waals surface area contributed by atoms with Crippen LogP contribution >= 0.6 is 0 Å². The fourth-order valence-electron chi connectivity index (χ4n) is 1.92. The van der Waals surface area contributed by atoms with Crippen molar-refractivity contribution in [2.24, 2.45) is 5.92 Å². The topological polar surface area (TPSA) is 20.2 Å². The number of aliphatic hydroxyl groups is 1. The lowest BCUT2D eigenvalue weighted by molar-refractivity contribution is 0.219. The molecule has 1 heteroatoms. The second-order valence-corrected chi connectivity index (χ2v) is 3.35. The highest BCUT2D eigenvalue weighted by molar-refractivity contribution is 5.23. The molecule has 1 N–H and O–H groups in total. The van der Waals surface area contributed by atoms with Gasteiger partial charge in [0.05, 0.1) is 6.10 Å². The third kappa shape index (κ3) is 1.24. The molecule has 0 bridgehead atoms. The van der Waals surface area contributed by atoms with Gasteiger partial charge in [-0.3, -0.25) is 0 Å². The monoisotopic (exact) mass is 140 g/mol. The summed E-state index contributed by atoms with van der Waals surface area (Å²) in [7, 11) is 0. The maximum Gasteiger partial charge on any atom is 0.0727 e. The maximum atomic E-state index is 9.34. The first-order chi connectivity index (χ1) is 4.63. The van der Waals surface area contributed by atoms with Crippen LogP contribution in [0.4, 0.5) is 0 Å². The predicted octanol–water partition coefficient (Wildman–Crippen LogP) is 2.11. The fourth-order valence-corrected chi connectivity index (χ4v) is 1.92. The van der Waals surface area contributed by atoms with E-state index in [2.05, 4.69) is 13.8 Å². The number of hydrogen-bond donors (Lipinski definition) is 1. The van der Waals surface area contributed by atoms with E-state index in [9.17, 15) is 5.11 Å². The summed E-state index contributed by atoms with van der Waals surface area (Å²) in [5, 5.41) is 9.34. The van der Waals surface area contributed by atoms with Crippen molar-refractivity contribution in [3.63, 3.8) is 0 Å². The van der Waals surface area contributed by atoms with Gasteiger partial charge >= 0.3 is 0 Å². The molecule has 1 rings (SSSR count). The predicted molar refractivity (Wildman–Crippen MR) is 42.8 cm³/mol. The van der Waals surface area contributed by atoms with Crippen molar-refractivity contribution >= 4 is 0 Å². The van der Waals surface area contributed by atoms with Crippen LogP contribution in [-0.2, 0) is 0 Å². The first-order valence-corrected chi connectivity index (χ1v) is 4.00. The van der Waals surface area contributed by atoms with Crippen molar-refractivity contribution in [2.45, 2.75) is 39.7 Å². The van der Waals surface area contributed by atoms with Crippen LogP contribution in [0, 0.1) is 5.92 Å². The summed E-state index contributed by atoms with van der Waals surface area (Å²) in [4.78, 5) is 0. The van der Waals surface area contributed by atoms with Crippen molar-refractivity contribution in [3.8, 4) is 0 Å². The van der Waals surface area contributed by atoms with E-state index in [1.165, 1.54) is 24.0 Å². The quantitative estimate of drug-likeness (QED) is 0.553. The molecule has 0 aromatic carbocycles. The first-order valence-electron chi connectivity index (χ1n) is 4.00. The Morgan fingerprint density at radius 1 is 1.60 bits per heavy atom. The summed E-state index contributed by atoms with van der Waals surface area (Å²) in [6.45, 7) is 6.19. The van der Waals surface area contributed by atoms with E-state index in [4.69, 9.17) is 0 Å². The van der Waals surface area contributed by atoms with Crippen molar-refractivity contribution in [1.82, 2.24) is 0 Å². The number of allylic oxidation sites excluding steroid dienone is 1. The smallest absolute Gasteiger partial charge is 0.0727 e. The molecule has 0 aliphatic heterocycles. The molecule has 0 heterocycles. The Morgan fingerprint density at radius 3 is 2.40 bits per heavy atom. The highest BCUT2D eigenvalue weighted by Gasteiger charge is 2.21. The summed E-state index contributed by atoms with van der Waals surface area (Å²) in [6.07, 6.45) is 2.19. The van der Waals surface area contributed by atoms with Crippen LogP contribution in [0.15, 0.2) is 11.1 Å². The van der Waals surface area contributed by atoms with Gasteiger partial charge in [0.2, 0.25) is 0 Å². The summed E-state index contributed by atoms with van der Waals surface area (Å²) in [5.74, 6) is 0.611. The van der Waals surface area contributed by atoms with Gasteiger partial charge in [0.25, 0.3) is 0 Å². The molecule has 0 aromatic rings. The average Bonchev–Trinajstić information content (AvgIpc) is 2.11. The van der Waals surface area contributed by atoms with E-state index in [1.807, 2.05) is 6.92 Å². The minimum absolute atomic E-state index is 0.225. The van der Waals surface area contributed by atoms with Crippen LogP contribution in [0.3, 0.4) is 0 Å². The Labute approximate surface area is 62.8 Å². The number of aliphatic hydroxyl groups excluding tert-OH is 1. The van der Waals surface area contributed by atoms with Gasteiger partial charge in [-0.1, -0.05) is 12.5 Å². The molecule has 0 amide bonds. The molecule has 0 aromatic heterocycles. The molecule has 10 heavy (non-hydrogen) atoms. The molecular formula is C9H16O. The standard InChI is InChI=1S/C9H16O/c1-6-4-5-7(2)9(6)8(3)10/h6,8,10H,4-5H2,1-3H3. The zero-order valence-electron chi connectivity index (χ0n) is 7.02. The lowest BCUT2D eigenvalue weighted by atomic mass is 9.99. The maximum absolute atomic E-state index is 9.34. The van der Waals surface area contributed by atoms with Gasteiger partial charge < -0.3 is 5.11 Å². The van der Waals surface area contributed by atoms with Crippen LogP contribution in [0.1, 0.15) is 33.6 Å². The van der Waals surface area contributed by atoms with Crippen LogP contribution < -0.4 is 0 Å². The molecule has 0 saturated heterocycles. The van der Waals surface area contributed by atoms with Crippen molar-refractivity contribution in [2.75, 3.05) is 0 Å². The van der Waals surface area contributed by atoms with E-state index in [-0.39, 0.29) is 6.10 Å². The van der Waals surface area contributed by atoms with Gasteiger partial charge in [0, 0.05) is 0 Å². The van der Waals surface area contributed by atoms with Crippen LogP contribution in [0.25, 0.3) is 0 Å². The lowest BCUT2D eigenvalue weighted by Gasteiger charge is -2.12. The number of hydrogen-bond acceptors (Lipinski definition) is 1. The SMILES string of the molecule is CC1=C(C(C)O)C(C)CC1. The zero-order valence-corrected chi connectivity index (χ0v) is 7.02. The van der Waals surface area contributed by atoms with Crippen molar-refractivity contribution in [1.29, 1.82) is 0 Å². The van der Waals surface area contributed by atoms with Crippen molar-refractivity contribution < 1.29 is 5.11 Å².